The number of benzene rings is 5. The summed E-state index contributed by atoms with van der Waals surface area (Å²) in [5.74, 6) is 3.24. The van der Waals surface area contributed by atoms with Crippen molar-refractivity contribution in [2.75, 3.05) is 53.3 Å². The van der Waals surface area contributed by atoms with Crippen LogP contribution in [-0.4, -0.2) is 86.9 Å². The number of anilines is 2. The second-order valence-electron chi connectivity index (χ2n) is 14.0. The van der Waals surface area contributed by atoms with E-state index in [4.69, 9.17) is 38.4 Å². The van der Waals surface area contributed by atoms with Gasteiger partial charge in [-0.05, 0) is 59.7 Å². The summed E-state index contributed by atoms with van der Waals surface area (Å²) >= 11 is 3.01. The highest BCUT2D eigenvalue weighted by Crippen LogP contribution is 2.50. The first-order valence-electron chi connectivity index (χ1n) is 19.3. The Hall–Kier alpha value is -7.04. The van der Waals surface area contributed by atoms with Crippen LogP contribution in [0.2, 0.25) is 0 Å². The second kappa shape index (κ2) is 16.8. The van der Waals surface area contributed by atoms with E-state index in [1.54, 1.807) is 88.9 Å². The SMILES string of the molecule is COc1cc(C=C2N=C(c3ccccc3)N(C3Nc4cc5c(cc4S3)NC(N3C(=O)C(=Cc4cc(OC)c(OC)c(OC)c4)N=C3c3ccccc3)S5)C2=O)cc(OC)c1OC. The topological polar surface area (TPSA) is 145 Å². The quantitative estimate of drug-likeness (QED) is 0.117. The molecule has 0 radical (unpaired) electrons. The van der Waals surface area contributed by atoms with Gasteiger partial charge in [0.15, 0.2) is 34.0 Å². The molecule has 0 spiro atoms. The number of aliphatic imine (C=N–C) groups is 2. The van der Waals surface area contributed by atoms with Gasteiger partial charge in [-0.2, -0.15) is 0 Å². The van der Waals surface area contributed by atoms with E-state index in [1.165, 1.54) is 23.5 Å². The molecule has 5 aromatic rings. The van der Waals surface area contributed by atoms with Gasteiger partial charge in [0, 0.05) is 20.9 Å². The zero-order valence-corrected chi connectivity index (χ0v) is 36.1. The van der Waals surface area contributed by atoms with Crippen molar-refractivity contribution in [1.29, 1.82) is 0 Å². The zero-order valence-electron chi connectivity index (χ0n) is 34.4. The third-order valence-electron chi connectivity index (χ3n) is 10.4. The van der Waals surface area contributed by atoms with Crippen molar-refractivity contribution in [3.63, 3.8) is 0 Å². The summed E-state index contributed by atoms with van der Waals surface area (Å²) in [5, 5.41) is 7.16. The zero-order chi connectivity index (χ0) is 43.1. The van der Waals surface area contributed by atoms with E-state index in [2.05, 4.69) is 22.8 Å². The maximum atomic E-state index is 14.4. The van der Waals surface area contributed by atoms with Crippen molar-refractivity contribution >= 4 is 70.5 Å². The summed E-state index contributed by atoms with van der Waals surface area (Å²) in [5.41, 5.74) is 4.09. The van der Waals surface area contributed by atoms with Gasteiger partial charge in [-0.15, -0.1) is 0 Å². The van der Waals surface area contributed by atoms with E-state index in [9.17, 15) is 9.59 Å². The number of hydrogen-bond donors (Lipinski definition) is 2. The molecule has 0 aliphatic carbocycles. The molecule has 0 fully saturated rings. The number of thioether (sulfide) groups is 2. The number of hydrogen-bond acceptors (Lipinski definition) is 14. The molecule has 14 nitrogen and oxygen atoms in total. The predicted octanol–water partition coefficient (Wildman–Crippen LogP) is 8.00. The lowest BCUT2D eigenvalue weighted by Gasteiger charge is -2.25. The standard InChI is InChI=1S/C46H40N6O8S2/c1-55-33-19-25(20-34(56-2)39(33)59-5)17-31-43(53)51(41(47-31)27-13-9-7-10-14-27)45-49-29-23-38-30(24-37(29)61-45)50-46(62-38)52-42(28-15-11-8-12-16-28)48-32(44(52)54)18-26-21-35(57-3)40(60-6)36(22-26)58-4/h7-24,45-46,49-50H,1-6H3. The Bertz CT molecular complexity index is 2480. The minimum atomic E-state index is -0.509. The summed E-state index contributed by atoms with van der Waals surface area (Å²) in [6.07, 6.45) is 3.44. The van der Waals surface area contributed by atoms with E-state index >= 15 is 0 Å². The molecule has 2 unspecified atom stereocenters. The number of rotatable bonds is 12. The highest BCUT2D eigenvalue weighted by atomic mass is 32.2. The van der Waals surface area contributed by atoms with Crippen molar-refractivity contribution in [3.05, 3.63) is 131 Å². The summed E-state index contributed by atoms with van der Waals surface area (Å²) < 4.78 is 33.2. The van der Waals surface area contributed by atoms with Crippen LogP contribution >= 0.6 is 23.5 Å². The Balaban J connectivity index is 0.990. The number of fused-ring (bicyclic) bond motifs is 2. The molecule has 2 N–H and O–H groups in total. The van der Waals surface area contributed by atoms with Crippen molar-refractivity contribution < 1.29 is 38.0 Å². The molecular formula is C46H40N6O8S2. The van der Waals surface area contributed by atoms with Gasteiger partial charge in [0.25, 0.3) is 11.8 Å². The van der Waals surface area contributed by atoms with Crippen molar-refractivity contribution in [2.24, 2.45) is 9.98 Å². The fourth-order valence-corrected chi connectivity index (χ4v) is 9.86. The number of carbonyl (C=O) groups is 2. The van der Waals surface area contributed by atoms with E-state index in [1.807, 2.05) is 60.7 Å². The van der Waals surface area contributed by atoms with Gasteiger partial charge < -0.3 is 39.1 Å². The van der Waals surface area contributed by atoms with Crippen LogP contribution in [0.3, 0.4) is 0 Å². The molecule has 2 amide bonds. The second-order valence-corrected chi connectivity index (χ2v) is 16.2. The summed E-state index contributed by atoms with van der Waals surface area (Å²) in [4.78, 5) is 43.8. The third kappa shape index (κ3) is 7.20. The highest BCUT2D eigenvalue weighted by molar-refractivity contribution is 8.01. The van der Waals surface area contributed by atoms with Crippen LogP contribution in [0.1, 0.15) is 22.3 Å². The monoisotopic (exact) mass is 868 g/mol. The Morgan fingerprint density at radius 1 is 0.516 bits per heavy atom. The van der Waals surface area contributed by atoms with E-state index in [-0.39, 0.29) is 23.2 Å². The van der Waals surface area contributed by atoms with Crippen LogP contribution in [0, 0.1) is 0 Å². The molecule has 9 rings (SSSR count). The van der Waals surface area contributed by atoms with Crippen LogP contribution in [-0.2, 0) is 9.59 Å². The fourth-order valence-electron chi connectivity index (χ4n) is 7.54. The number of amidine groups is 2. The number of nitrogens with zero attached hydrogens (tertiary/aromatic N) is 4. The number of ether oxygens (including phenoxy) is 6. The predicted molar refractivity (Wildman–Crippen MR) is 241 cm³/mol. The van der Waals surface area contributed by atoms with Gasteiger partial charge >= 0.3 is 0 Å². The number of carbonyl (C=O) groups excluding carboxylic acids is 2. The van der Waals surface area contributed by atoms with Crippen molar-refractivity contribution in [3.8, 4) is 34.5 Å². The molecule has 4 aliphatic heterocycles. The van der Waals surface area contributed by atoms with Crippen LogP contribution in [0.25, 0.3) is 12.2 Å². The molecule has 4 aliphatic rings. The van der Waals surface area contributed by atoms with Crippen LogP contribution in [0.4, 0.5) is 11.4 Å². The Labute approximate surface area is 366 Å². The van der Waals surface area contributed by atoms with Gasteiger partial charge in [-0.3, -0.25) is 19.4 Å². The Morgan fingerprint density at radius 3 is 1.19 bits per heavy atom. The Kier molecular flexibility index (Phi) is 10.9. The molecule has 62 heavy (non-hydrogen) atoms. The van der Waals surface area contributed by atoms with Gasteiger partial charge in [-0.25, -0.2) is 9.98 Å². The van der Waals surface area contributed by atoms with Crippen LogP contribution < -0.4 is 39.1 Å². The van der Waals surface area contributed by atoms with E-state index in [0.29, 0.717) is 57.3 Å². The van der Waals surface area contributed by atoms with Gasteiger partial charge in [0.2, 0.25) is 11.5 Å². The molecule has 0 aromatic heterocycles. The third-order valence-corrected chi connectivity index (χ3v) is 12.7. The van der Waals surface area contributed by atoms with Gasteiger partial charge in [0.05, 0.1) is 54.0 Å². The minimum absolute atomic E-state index is 0.254. The lowest BCUT2D eigenvalue weighted by Crippen LogP contribution is -2.42. The molecule has 0 bridgehead atoms. The first-order chi connectivity index (χ1) is 30.2. The van der Waals surface area contributed by atoms with Crippen LogP contribution in [0.15, 0.2) is 128 Å². The first-order valence-corrected chi connectivity index (χ1v) is 21.0. The average Bonchev–Trinajstić information content (AvgIpc) is 4.07. The molecule has 0 saturated carbocycles. The molecule has 5 aromatic carbocycles. The summed E-state index contributed by atoms with van der Waals surface area (Å²) in [7, 11) is 9.26. The maximum absolute atomic E-state index is 14.4. The molecule has 4 heterocycles. The Morgan fingerprint density at radius 2 is 0.871 bits per heavy atom. The normalized spacial score (nSPS) is 18.9. The van der Waals surface area contributed by atoms with Crippen molar-refractivity contribution in [1.82, 2.24) is 9.80 Å². The summed E-state index contributed by atoms with van der Waals surface area (Å²) in [6, 6.07) is 30.4. The first kappa shape index (κ1) is 40.4. The molecule has 16 heteroatoms. The van der Waals surface area contributed by atoms with E-state index < -0.39 is 11.0 Å². The highest BCUT2D eigenvalue weighted by Gasteiger charge is 2.43. The van der Waals surface area contributed by atoms with Gasteiger partial charge in [-0.1, -0.05) is 84.2 Å². The maximum Gasteiger partial charge on any atom is 0.280 e. The van der Waals surface area contributed by atoms with Crippen molar-refractivity contribution in [2.45, 2.75) is 20.8 Å². The molecule has 314 valence electrons. The lowest BCUT2D eigenvalue weighted by molar-refractivity contribution is -0.123. The fraction of sp³-hybridized carbons (Fsp3) is 0.174. The largest absolute Gasteiger partial charge is 0.493 e. The number of nitrogens with one attached hydrogen (secondary N) is 2. The lowest BCUT2D eigenvalue weighted by atomic mass is 10.1. The number of amides is 2. The van der Waals surface area contributed by atoms with Gasteiger partial charge in [0.1, 0.15) is 23.1 Å². The molecule has 0 saturated heterocycles. The van der Waals surface area contributed by atoms with E-state index in [0.717, 1.165) is 32.3 Å². The molecular weight excluding hydrogens is 829 g/mol. The smallest absolute Gasteiger partial charge is 0.280 e. The average molecular weight is 869 g/mol. The minimum Gasteiger partial charge on any atom is -0.493 e. The van der Waals surface area contributed by atoms with Crippen LogP contribution in [0.5, 0.6) is 34.5 Å². The number of methoxy groups -OCH3 is 6. The summed E-state index contributed by atoms with van der Waals surface area (Å²) in [6.45, 7) is 0. The molecule has 2 atom stereocenters.